The summed E-state index contributed by atoms with van der Waals surface area (Å²) in [5, 5.41) is 0. The summed E-state index contributed by atoms with van der Waals surface area (Å²) in [6.45, 7) is 1.30. The lowest BCUT2D eigenvalue weighted by molar-refractivity contribution is -0.275. The number of alkyl halides is 3. The Balaban J connectivity index is 3.23. The van der Waals surface area contributed by atoms with E-state index >= 15 is 0 Å². The molecular formula is C9H11F3N2O2. The van der Waals surface area contributed by atoms with Crippen LogP contribution in [0.2, 0.25) is 0 Å². The van der Waals surface area contributed by atoms with Gasteiger partial charge in [-0.2, -0.15) is 0 Å². The maximum absolute atomic E-state index is 12.1. The third kappa shape index (κ3) is 2.75. The molecule has 1 heterocycles. The molecule has 16 heavy (non-hydrogen) atoms. The van der Waals surface area contributed by atoms with Crippen molar-refractivity contribution in [3.05, 3.63) is 17.3 Å². The number of methoxy groups -OCH3 is 1. The Morgan fingerprint density at radius 2 is 2.06 bits per heavy atom. The normalized spacial score (nSPS) is 11.4. The highest BCUT2D eigenvalue weighted by Crippen LogP contribution is 2.33. The van der Waals surface area contributed by atoms with Crippen molar-refractivity contribution in [1.29, 1.82) is 0 Å². The van der Waals surface area contributed by atoms with E-state index in [0.717, 1.165) is 0 Å². The third-order valence-electron chi connectivity index (χ3n) is 1.88. The van der Waals surface area contributed by atoms with Gasteiger partial charge in [0.25, 0.3) is 0 Å². The van der Waals surface area contributed by atoms with Gasteiger partial charge in [-0.3, -0.25) is 0 Å². The maximum Gasteiger partial charge on any atom is 0.573 e. The minimum absolute atomic E-state index is 0.0346. The number of rotatable bonds is 3. The van der Waals surface area contributed by atoms with Crippen molar-refractivity contribution in [3.8, 4) is 11.6 Å². The molecule has 90 valence electrons. The second kappa shape index (κ2) is 4.56. The summed E-state index contributed by atoms with van der Waals surface area (Å²) < 4.78 is 45.2. The molecule has 0 aliphatic carbocycles. The molecule has 0 radical (unpaired) electrons. The van der Waals surface area contributed by atoms with Crippen molar-refractivity contribution in [2.24, 2.45) is 5.73 Å². The van der Waals surface area contributed by atoms with Crippen LogP contribution in [0.1, 0.15) is 11.1 Å². The smallest absolute Gasteiger partial charge is 0.481 e. The SMILES string of the molecule is COc1ncc(C)c(OC(F)(F)F)c1CN. The van der Waals surface area contributed by atoms with E-state index in [0.29, 0.717) is 0 Å². The summed E-state index contributed by atoms with van der Waals surface area (Å²) in [5.41, 5.74) is 5.69. The van der Waals surface area contributed by atoms with Gasteiger partial charge in [-0.25, -0.2) is 4.98 Å². The molecule has 4 nitrogen and oxygen atoms in total. The van der Waals surface area contributed by atoms with Crippen LogP contribution in [0.25, 0.3) is 0 Å². The van der Waals surface area contributed by atoms with E-state index in [9.17, 15) is 13.2 Å². The zero-order valence-corrected chi connectivity index (χ0v) is 8.76. The molecule has 2 N–H and O–H groups in total. The molecule has 0 fully saturated rings. The van der Waals surface area contributed by atoms with Gasteiger partial charge in [-0.15, -0.1) is 13.2 Å². The fourth-order valence-corrected chi connectivity index (χ4v) is 1.24. The minimum atomic E-state index is -4.76. The molecule has 0 aliphatic heterocycles. The summed E-state index contributed by atoms with van der Waals surface area (Å²) in [6.07, 6.45) is -3.53. The van der Waals surface area contributed by atoms with Crippen LogP contribution in [0.3, 0.4) is 0 Å². The van der Waals surface area contributed by atoms with Crippen molar-refractivity contribution in [2.75, 3.05) is 7.11 Å². The summed E-state index contributed by atoms with van der Waals surface area (Å²) in [5.74, 6) is -0.311. The van der Waals surface area contributed by atoms with Crippen molar-refractivity contribution in [3.63, 3.8) is 0 Å². The Morgan fingerprint density at radius 3 is 2.50 bits per heavy atom. The molecule has 0 spiro atoms. The topological polar surface area (TPSA) is 57.4 Å². The number of hydrogen-bond donors (Lipinski definition) is 1. The van der Waals surface area contributed by atoms with Gasteiger partial charge >= 0.3 is 6.36 Å². The van der Waals surface area contributed by atoms with E-state index in [4.69, 9.17) is 10.5 Å². The van der Waals surface area contributed by atoms with Gasteiger partial charge in [0.15, 0.2) is 0 Å². The molecule has 0 saturated heterocycles. The molecule has 1 aromatic rings. The molecule has 0 aliphatic rings. The van der Waals surface area contributed by atoms with Gasteiger partial charge < -0.3 is 15.2 Å². The fraction of sp³-hybridized carbons (Fsp3) is 0.444. The quantitative estimate of drug-likeness (QED) is 0.868. The van der Waals surface area contributed by atoms with Crippen LogP contribution in [0.4, 0.5) is 13.2 Å². The van der Waals surface area contributed by atoms with Gasteiger partial charge in [0, 0.05) is 18.3 Å². The lowest BCUT2D eigenvalue weighted by Gasteiger charge is -2.16. The number of halogens is 3. The predicted molar refractivity (Wildman–Crippen MR) is 50.1 cm³/mol. The molecule has 0 aromatic carbocycles. The molecule has 0 atom stereocenters. The van der Waals surface area contributed by atoms with E-state index in [-0.39, 0.29) is 29.3 Å². The molecule has 0 unspecified atom stereocenters. The molecule has 0 bridgehead atoms. The molecule has 1 aromatic heterocycles. The highest BCUT2D eigenvalue weighted by molar-refractivity contribution is 5.45. The second-order valence-electron chi connectivity index (χ2n) is 3.01. The molecule has 7 heteroatoms. The zero-order valence-electron chi connectivity index (χ0n) is 8.76. The average molecular weight is 236 g/mol. The largest absolute Gasteiger partial charge is 0.573 e. The van der Waals surface area contributed by atoms with E-state index in [1.807, 2.05) is 0 Å². The summed E-state index contributed by atoms with van der Waals surface area (Å²) in [4.78, 5) is 3.81. The minimum Gasteiger partial charge on any atom is -0.481 e. The predicted octanol–water partition coefficient (Wildman–Crippen LogP) is 1.76. The first-order valence-electron chi connectivity index (χ1n) is 4.37. The lowest BCUT2D eigenvalue weighted by atomic mass is 10.2. The van der Waals surface area contributed by atoms with Crippen LogP contribution in [0, 0.1) is 6.92 Å². The van der Waals surface area contributed by atoms with Crippen molar-refractivity contribution in [1.82, 2.24) is 4.98 Å². The lowest BCUT2D eigenvalue weighted by Crippen LogP contribution is -2.20. The van der Waals surface area contributed by atoms with Gasteiger partial charge in [-0.1, -0.05) is 0 Å². The fourth-order valence-electron chi connectivity index (χ4n) is 1.24. The first-order valence-corrected chi connectivity index (χ1v) is 4.37. The first kappa shape index (κ1) is 12.6. The molecular weight excluding hydrogens is 225 g/mol. The van der Waals surface area contributed by atoms with Crippen molar-refractivity contribution < 1.29 is 22.6 Å². The number of hydrogen-bond acceptors (Lipinski definition) is 4. The highest BCUT2D eigenvalue weighted by atomic mass is 19.4. The van der Waals surface area contributed by atoms with E-state index in [1.54, 1.807) is 0 Å². The van der Waals surface area contributed by atoms with Gasteiger partial charge in [-0.05, 0) is 6.92 Å². The number of ether oxygens (including phenoxy) is 2. The Labute approximate surface area is 90.2 Å². The van der Waals surface area contributed by atoms with Gasteiger partial charge in [0.2, 0.25) is 5.88 Å². The summed E-state index contributed by atoms with van der Waals surface area (Å²) in [6, 6.07) is 0. The van der Waals surface area contributed by atoms with E-state index in [1.165, 1.54) is 20.2 Å². The number of nitrogens with two attached hydrogens (primary N) is 1. The maximum atomic E-state index is 12.1. The molecule has 0 saturated carbocycles. The number of aryl methyl sites for hydroxylation is 1. The molecule has 1 rings (SSSR count). The van der Waals surface area contributed by atoms with Crippen molar-refractivity contribution in [2.45, 2.75) is 19.8 Å². The Morgan fingerprint density at radius 1 is 1.44 bits per heavy atom. The highest BCUT2D eigenvalue weighted by Gasteiger charge is 2.33. The van der Waals surface area contributed by atoms with Gasteiger partial charge in [0.1, 0.15) is 5.75 Å². The van der Waals surface area contributed by atoms with Crippen LogP contribution >= 0.6 is 0 Å². The van der Waals surface area contributed by atoms with E-state index in [2.05, 4.69) is 9.72 Å². The summed E-state index contributed by atoms with van der Waals surface area (Å²) in [7, 11) is 1.30. The van der Waals surface area contributed by atoms with Crippen LogP contribution in [-0.2, 0) is 6.54 Å². The average Bonchev–Trinajstić information content (AvgIpc) is 2.19. The van der Waals surface area contributed by atoms with Crippen molar-refractivity contribution >= 4 is 0 Å². The number of aromatic nitrogens is 1. The standard InChI is InChI=1S/C9H11F3N2O2/c1-5-4-14-8(15-2)6(3-13)7(5)16-9(10,11)12/h4H,3,13H2,1-2H3. The summed E-state index contributed by atoms with van der Waals surface area (Å²) >= 11 is 0. The van der Waals surface area contributed by atoms with Crippen LogP contribution in [0.15, 0.2) is 6.20 Å². The zero-order chi connectivity index (χ0) is 12.3. The van der Waals surface area contributed by atoms with Gasteiger partial charge in [0.05, 0.1) is 12.7 Å². The number of nitrogens with zero attached hydrogens (tertiary/aromatic N) is 1. The second-order valence-corrected chi connectivity index (χ2v) is 3.01. The monoisotopic (exact) mass is 236 g/mol. The van der Waals surface area contributed by atoms with Crippen LogP contribution in [0.5, 0.6) is 11.6 Å². The van der Waals surface area contributed by atoms with E-state index < -0.39 is 6.36 Å². The number of pyridine rings is 1. The first-order chi connectivity index (χ1) is 7.39. The Hall–Kier alpha value is -1.50. The Bertz CT molecular complexity index is 380. The Kier molecular flexibility index (Phi) is 3.58. The van der Waals surface area contributed by atoms with Crippen LogP contribution < -0.4 is 15.2 Å². The molecule has 0 amide bonds. The van der Waals surface area contributed by atoms with Crippen LogP contribution in [-0.4, -0.2) is 18.5 Å². The third-order valence-corrected chi connectivity index (χ3v) is 1.88.